The molecule has 2 amide bonds. The number of hydrogen-bond donors (Lipinski definition) is 1. The van der Waals surface area contributed by atoms with Gasteiger partial charge in [-0.2, -0.15) is 4.98 Å². The minimum absolute atomic E-state index is 0.00922. The molecule has 1 N–H and O–H groups in total. The van der Waals surface area contributed by atoms with Gasteiger partial charge >= 0.3 is 0 Å². The summed E-state index contributed by atoms with van der Waals surface area (Å²) in [6, 6.07) is 9.61. The molecule has 0 saturated carbocycles. The summed E-state index contributed by atoms with van der Waals surface area (Å²) in [4.78, 5) is 31.3. The maximum absolute atomic E-state index is 12.3. The quantitative estimate of drug-likeness (QED) is 0.607. The zero-order valence-electron chi connectivity index (χ0n) is 16.8. The molecule has 2 aromatic heterocycles. The zero-order valence-corrected chi connectivity index (χ0v) is 17.6. The molecule has 29 heavy (non-hydrogen) atoms. The van der Waals surface area contributed by atoms with Crippen molar-refractivity contribution in [1.29, 1.82) is 0 Å². The van der Waals surface area contributed by atoms with Gasteiger partial charge in [-0.05, 0) is 48.9 Å². The Kier molecular flexibility index (Phi) is 6.77. The highest BCUT2D eigenvalue weighted by atomic mass is 32.1. The molecule has 0 bridgehead atoms. The van der Waals surface area contributed by atoms with Crippen molar-refractivity contribution in [2.24, 2.45) is 0 Å². The number of anilines is 1. The number of aromatic nitrogens is 2. The molecule has 0 aliphatic rings. The Hall–Kier alpha value is -3.00. The number of carbonyl (C=O) groups is 2. The Morgan fingerprint density at radius 1 is 1.21 bits per heavy atom. The smallest absolute Gasteiger partial charge is 0.243 e. The van der Waals surface area contributed by atoms with Crippen molar-refractivity contribution >= 4 is 28.8 Å². The first-order valence-corrected chi connectivity index (χ1v) is 10.3. The zero-order chi connectivity index (χ0) is 20.8. The monoisotopic (exact) mass is 412 g/mol. The van der Waals surface area contributed by atoms with Crippen LogP contribution < -0.4 is 5.32 Å². The first-order valence-electron chi connectivity index (χ1n) is 9.40. The molecule has 1 aromatic carbocycles. The molecule has 3 rings (SSSR count). The highest BCUT2D eigenvalue weighted by Gasteiger charge is 2.15. The topological polar surface area (TPSA) is 88.3 Å². The van der Waals surface area contributed by atoms with E-state index in [1.165, 1.54) is 4.90 Å². The molecule has 0 spiro atoms. The number of rotatable bonds is 8. The Morgan fingerprint density at radius 2 is 2.03 bits per heavy atom. The van der Waals surface area contributed by atoms with Gasteiger partial charge in [0.25, 0.3) is 0 Å². The van der Waals surface area contributed by atoms with Crippen molar-refractivity contribution in [2.45, 2.75) is 33.1 Å². The van der Waals surface area contributed by atoms with Gasteiger partial charge in [-0.1, -0.05) is 23.4 Å². The van der Waals surface area contributed by atoms with Crippen LogP contribution in [0.15, 0.2) is 40.2 Å². The van der Waals surface area contributed by atoms with Gasteiger partial charge < -0.3 is 14.7 Å². The molecule has 0 aliphatic carbocycles. The largest absolute Gasteiger partial charge is 0.339 e. The van der Waals surface area contributed by atoms with Crippen LogP contribution in [0, 0.1) is 13.8 Å². The summed E-state index contributed by atoms with van der Waals surface area (Å²) in [6.07, 6.45) is 1.41. The first kappa shape index (κ1) is 20.7. The molecule has 3 aromatic rings. The van der Waals surface area contributed by atoms with Gasteiger partial charge in [0.1, 0.15) is 0 Å². The van der Waals surface area contributed by atoms with Crippen LogP contribution in [-0.4, -0.2) is 40.4 Å². The van der Waals surface area contributed by atoms with E-state index in [9.17, 15) is 9.59 Å². The van der Waals surface area contributed by atoms with Crippen LogP contribution in [0.2, 0.25) is 0 Å². The van der Waals surface area contributed by atoms with Crippen molar-refractivity contribution in [3.05, 3.63) is 52.7 Å². The standard InChI is InChI=1S/C21H24N4O3S/c1-14-7-4-8-16(15(14)2)22-18(26)13-25(3)20(27)11-5-10-19-23-21(24-28-19)17-9-6-12-29-17/h4,6-9,12H,5,10-11,13H2,1-3H3,(H,22,26). The average Bonchev–Trinajstić information content (AvgIpc) is 3.37. The molecule has 0 unspecified atom stereocenters. The van der Waals surface area contributed by atoms with Crippen LogP contribution in [0.1, 0.15) is 29.9 Å². The Balaban J connectivity index is 1.43. The lowest BCUT2D eigenvalue weighted by Crippen LogP contribution is -2.35. The summed E-state index contributed by atoms with van der Waals surface area (Å²) in [6.45, 7) is 3.96. The Labute approximate surface area is 173 Å². The molecule has 0 atom stereocenters. The summed E-state index contributed by atoms with van der Waals surface area (Å²) < 4.78 is 5.24. The van der Waals surface area contributed by atoms with Crippen molar-refractivity contribution < 1.29 is 14.1 Å². The van der Waals surface area contributed by atoms with Gasteiger partial charge in [0.2, 0.25) is 23.5 Å². The van der Waals surface area contributed by atoms with Gasteiger partial charge in [0, 0.05) is 25.6 Å². The minimum Gasteiger partial charge on any atom is -0.339 e. The van der Waals surface area contributed by atoms with Crippen LogP contribution in [0.5, 0.6) is 0 Å². The molecule has 7 nitrogen and oxygen atoms in total. The molecule has 0 fully saturated rings. The maximum Gasteiger partial charge on any atom is 0.243 e. The van der Waals surface area contributed by atoms with E-state index >= 15 is 0 Å². The number of thiophene rings is 1. The number of amides is 2. The van der Waals surface area contributed by atoms with Gasteiger partial charge in [-0.25, -0.2) is 0 Å². The number of likely N-dealkylation sites (N-methyl/N-ethyl adjacent to an activating group) is 1. The molecule has 2 heterocycles. The van der Waals surface area contributed by atoms with Gasteiger partial charge in [-0.3, -0.25) is 9.59 Å². The lowest BCUT2D eigenvalue weighted by molar-refractivity contribution is -0.133. The first-order chi connectivity index (χ1) is 13.9. The molecule has 0 saturated heterocycles. The highest BCUT2D eigenvalue weighted by Crippen LogP contribution is 2.21. The van der Waals surface area contributed by atoms with Crippen LogP contribution in [-0.2, 0) is 16.0 Å². The van der Waals surface area contributed by atoms with Crippen molar-refractivity contribution in [1.82, 2.24) is 15.0 Å². The molecular formula is C21H24N4O3S. The van der Waals surface area contributed by atoms with E-state index in [1.807, 2.05) is 49.6 Å². The number of nitrogens with one attached hydrogen (secondary N) is 1. The fourth-order valence-corrected chi connectivity index (χ4v) is 3.47. The van der Waals surface area contributed by atoms with E-state index in [4.69, 9.17) is 4.52 Å². The van der Waals surface area contributed by atoms with Crippen LogP contribution in [0.3, 0.4) is 0 Å². The number of benzene rings is 1. The second-order valence-electron chi connectivity index (χ2n) is 6.89. The van der Waals surface area contributed by atoms with E-state index < -0.39 is 0 Å². The summed E-state index contributed by atoms with van der Waals surface area (Å²) in [5.74, 6) is 0.768. The predicted molar refractivity (Wildman–Crippen MR) is 113 cm³/mol. The minimum atomic E-state index is -0.216. The predicted octanol–water partition coefficient (Wildman–Crippen LogP) is 3.83. The lowest BCUT2D eigenvalue weighted by atomic mass is 10.1. The van der Waals surface area contributed by atoms with E-state index in [-0.39, 0.29) is 18.4 Å². The summed E-state index contributed by atoms with van der Waals surface area (Å²) in [5, 5.41) is 8.78. The van der Waals surface area contributed by atoms with Gasteiger partial charge in [0.15, 0.2) is 0 Å². The van der Waals surface area contributed by atoms with Crippen LogP contribution in [0.25, 0.3) is 10.7 Å². The normalized spacial score (nSPS) is 10.7. The molecule has 0 aliphatic heterocycles. The lowest BCUT2D eigenvalue weighted by Gasteiger charge is -2.17. The summed E-state index contributed by atoms with van der Waals surface area (Å²) >= 11 is 1.55. The molecule has 0 radical (unpaired) electrons. The van der Waals surface area contributed by atoms with Crippen molar-refractivity contribution in [2.75, 3.05) is 18.9 Å². The fourth-order valence-electron chi connectivity index (χ4n) is 2.82. The maximum atomic E-state index is 12.3. The van der Waals surface area contributed by atoms with E-state index in [1.54, 1.807) is 18.4 Å². The third-order valence-corrected chi connectivity index (χ3v) is 5.54. The van der Waals surface area contributed by atoms with E-state index in [0.717, 1.165) is 21.7 Å². The number of hydrogen-bond acceptors (Lipinski definition) is 6. The number of carbonyl (C=O) groups excluding carboxylic acids is 2. The number of aryl methyl sites for hydroxylation is 2. The second kappa shape index (κ2) is 9.47. The highest BCUT2D eigenvalue weighted by molar-refractivity contribution is 7.13. The van der Waals surface area contributed by atoms with Crippen LogP contribution >= 0.6 is 11.3 Å². The summed E-state index contributed by atoms with van der Waals surface area (Å²) in [7, 11) is 1.63. The van der Waals surface area contributed by atoms with E-state index in [0.29, 0.717) is 31.0 Å². The van der Waals surface area contributed by atoms with Gasteiger partial charge in [-0.15, -0.1) is 11.3 Å². The van der Waals surface area contributed by atoms with Crippen molar-refractivity contribution in [3.8, 4) is 10.7 Å². The SMILES string of the molecule is Cc1cccc(NC(=O)CN(C)C(=O)CCCc2nc(-c3cccs3)no2)c1C. The Bertz CT molecular complexity index is 982. The Morgan fingerprint density at radius 3 is 2.79 bits per heavy atom. The number of nitrogens with zero attached hydrogens (tertiary/aromatic N) is 3. The molecular weight excluding hydrogens is 388 g/mol. The van der Waals surface area contributed by atoms with E-state index in [2.05, 4.69) is 15.5 Å². The summed E-state index contributed by atoms with van der Waals surface area (Å²) in [5.41, 5.74) is 2.90. The molecule has 152 valence electrons. The second-order valence-corrected chi connectivity index (χ2v) is 7.84. The van der Waals surface area contributed by atoms with Crippen molar-refractivity contribution in [3.63, 3.8) is 0 Å². The van der Waals surface area contributed by atoms with Gasteiger partial charge in [0.05, 0.1) is 11.4 Å². The molecule has 8 heteroatoms. The third kappa shape index (κ3) is 5.51. The van der Waals surface area contributed by atoms with Crippen LogP contribution in [0.4, 0.5) is 5.69 Å². The third-order valence-electron chi connectivity index (χ3n) is 4.68. The fraction of sp³-hybridized carbons (Fsp3) is 0.333. The average molecular weight is 413 g/mol.